The van der Waals surface area contributed by atoms with Gasteiger partial charge < -0.3 is 10.5 Å². The summed E-state index contributed by atoms with van der Waals surface area (Å²) in [5, 5.41) is 0. The van der Waals surface area contributed by atoms with Gasteiger partial charge in [-0.15, -0.1) is 0 Å². The van der Waals surface area contributed by atoms with Crippen molar-refractivity contribution in [3.05, 3.63) is 64.1 Å². The fourth-order valence-electron chi connectivity index (χ4n) is 1.89. The van der Waals surface area contributed by atoms with Crippen molar-refractivity contribution in [3.63, 3.8) is 0 Å². The molecule has 0 saturated heterocycles. The van der Waals surface area contributed by atoms with Crippen molar-refractivity contribution in [1.29, 1.82) is 0 Å². The van der Waals surface area contributed by atoms with Crippen molar-refractivity contribution in [3.8, 4) is 5.75 Å². The molecule has 18 heavy (non-hydrogen) atoms. The molecule has 0 aliphatic rings. The van der Waals surface area contributed by atoms with E-state index in [-0.39, 0.29) is 6.04 Å². The van der Waals surface area contributed by atoms with Gasteiger partial charge in [-0.1, -0.05) is 46.3 Å². The van der Waals surface area contributed by atoms with Crippen molar-refractivity contribution in [2.75, 3.05) is 7.11 Å². The summed E-state index contributed by atoms with van der Waals surface area (Å²) in [6, 6.07) is 16.1. The highest BCUT2D eigenvalue weighted by molar-refractivity contribution is 9.10. The van der Waals surface area contributed by atoms with Crippen molar-refractivity contribution in [2.45, 2.75) is 12.5 Å². The lowest BCUT2D eigenvalue weighted by Crippen LogP contribution is -2.13. The predicted octanol–water partition coefficient (Wildman–Crippen LogP) is 3.70. The van der Waals surface area contributed by atoms with Crippen LogP contribution in [0.2, 0.25) is 0 Å². The second kappa shape index (κ2) is 6.03. The molecule has 0 saturated carbocycles. The highest BCUT2D eigenvalue weighted by Gasteiger charge is 2.10. The van der Waals surface area contributed by atoms with E-state index in [4.69, 9.17) is 10.5 Å². The zero-order chi connectivity index (χ0) is 13.0. The first-order valence-corrected chi connectivity index (χ1v) is 6.63. The number of halogens is 1. The van der Waals surface area contributed by atoms with Crippen LogP contribution in [-0.4, -0.2) is 7.11 Å². The number of benzene rings is 2. The average Bonchev–Trinajstić information content (AvgIpc) is 2.42. The fourth-order valence-corrected chi connectivity index (χ4v) is 2.30. The van der Waals surface area contributed by atoms with E-state index in [9.17, 15) is 0 Å². The molecular weight excluding hydrogens is 290 g/mol. The minimum absolute atomic E-state index is 0.00499. The van der Waals surface area contributed by atoms with Gasteiger partial charge in [0.05, 0.1) is 7.11 Å². The van der Waals surface area contributed by atoms with Gasteiger partial charge in [0.15, 0.2) is 0 Å². The minimum Gasteiger partial charge on any atom is -0.497 e. The SMILES string of the molecule is COc1ccc(Br)c(CC(N)c2ccccc2)c1. The summed E-state index contributed by atoms with van der Waals surface area (Å²) in [6.45, 7) is 0. The third-order valence-electron chi connectivity index (χ3n) is 2.92. The third-order valence-corrected chi connectivity index (χ3v) is 3.69. The first-order chi connectivity index (χ1) is 8.70. The summed E-state index contributed by atoms with van der Waals surface area (Å²) in [5.41, 5.74) is 8.53. The largest absolute Gasteiger partial charge is 0.497 e. The van der Waals surface area contributed by atoms with E-state index in [0.717, 1.165) is 27.8 Å². The molecule has 0 amide bonds. The molecular formula is C15H16BrNO. The number of nitrogens with two attached hydrogens (primary N) is 1. The van der Waals surface area contributed by atoms with E-state index < -0.39 is 0 Å². The Bertz CT molecular complexity index is 513. The molecule has 0 bridgehead atoms. The highest BCUT2D eigenvalue weighted by atomic mass is 79.9. The molecule has 3 heteroatoms. The highest BCUT2D eigenvalue weighted by Crippen LogP contribution is 2.26. The summed E-state index contributed by atoms with van der Waals surface area (Å²) in [6.07, 6.45) is 0.780. The van der Waals surface area contributed by atoms with Crippen molar-refractivity contribution < 1.29 is 4.74 Å². The molecule has 0 radical (unpaired) electrons. The smallest absolute Gasteiger partial charge is 0.119 e. The van der Waals surface area contributed by atoms with Gasteiger partial charge in [-0.2, -0.15) is 0 Å². The lowest BCUT2D eigenvalue weighted by atomic mass is 10.00. The molecule has 0 aliphatic carbocycles. The Morgan fingerprint density at radius 2 is 1.89 bits per heavy atom. The zero-order valence-electron chi connectivity index (χ0n) is 10.3. The molecule has 2 nitrogen and oxygen atoms in total. The molecule has 2 aromatic rings. The Hall–Kier alpha value is -1.32. The van der Waals surface area contributed by atoms with Crippen molar-refractivity contribution in [1.82, 2.24) is 0 Å². The van der Waals surface area contributed by atoms with Crippen LogP contribution in [0.5, 0.6) is 5.75 Å². The average molecular weight is 306 g/mol. The van der Waals surface area contributed by atoms with Crippen LogP contribution in [0.15, 0.2) is 53.0 Å². The van der Waals surface area contributed by atoms with Gasteiger partial charge in [-0.25, -0.2) is 0 Å². The molecule has 0 aromatic heterocycles. The van der Waals surface area contributed by atoms with Gasteiger partial charge in [0.25, 0.3) is 0 Å². The first-order valence-electron chi connectivity index (χ1n) is 5.83. The van der Waals surface area contributed by atoms with Gasteiger partial charge in [0.1, 0.15) is 5.75 Å². The van der Waals surface area contributed by atoms with Gasteiger partial charge >= 0.3 is 0 Å². The van der Waals surface area contributed by atoms with E-state index in [1.54, 1.807) is 7.11 Å². The lowest BCUT2D eigenvalue weighted by molar-refractivity contribution is 0.414. The van der Waals surface area contributed by atoms with Crippen LogP contribution in [0.4, 0.5) is 0 Å². The van der Waals surface area contributed by atoms with Gasteiger partial charge in [-0.05, 0) is 35.7 Å². The van der Waals surface area contributed by atoms with Crippen LogP contribution in [0.1, 0.15) is 17.2 Å². The van der Waals surface area contributed by atoms with Crippen LogP contribution in [0.3, 0.4) is 0 Å². The van der Waals surface area contributed by atoms with Gasteiger partial charge in [0.2, 0.25) is 0 Å². The summed E-state index contributed by atoms with van der Waals surface area (Å²) in [4.78, 5) is 0. The second-order valence-electron chi connectivity index (χ2n) is 4.18. The van der Waals surface area contributed by atoms with Gasteiger partial charge in [-0.3, -0.25) is 0 Å². The molecule has 2 N–H and O–H groups in total. The molecule has 94 valence electrons. The van der Waals surface area contributed by atoms with Crippen LogP contribution in [-0.2, 0) is 6.42 Å². The van der Waals surface area contributed by atoms with E-state index in [1.165, 1.54) is 0 Å². The Kier molecular flexibility index (Phi) is 4.39. The van der Waals surface area contributed by atoms with Crippen molar-refractivity contribution in [2.24, 2.45) is 5.73 Å². The summed E-state index contributed by atoms with van der Waals surface area (Å²) >= 11 is 3.55. The van der Waals surface area contributed by atoms with Crippen LogP contribution >= 0.6 is 15.9 Å². The minimum atomic E-state index is -0.00499. The predicted molar refractivity (Wildman–Crippen MR) is 77.8 cm³/mol. The van der Waals surface area contributed by atoms with E-state index in [2.05, 4.69) is 28.1 Å². The maximum absolute atomic E-state index is 6.23. The maximum Gasteiger partial charge on any atom is 0.119 e. The fraction of sp³-hybridized carbons (Fsp3) is 0.200. The Morgan fingerprint density at radius 1 is 1.17 bits per heavy atom. The molecule has 0 fully saturated rings. The topological polar surface area (TPSA) is 35.2 Å². The Labute approximate surface area is 116 Å². The van der Waals surface area contributed by atoms with Crippen LogP contribution in [0, 0.1) is 0 Å². The van der Waals surface area contributed by atoms with Crippen LogP contribution in [0.25, 0.3) is 0 Å². The number of ether oxygens (including phenoxy) is 1. The zero-order valence-corrected chi connectivity index (χ0v) is 11.9. The lowest BCUT2D eigenvalue weighted by Gasteiger charge is -2.14. The Morgan fingerprint density at radius 3 is 2.56 bits per heavy atom. The molecule has 1 atom stereocenters. The summed E-state index contributed by atoms with van der Waals surface area (Å²) in [5.74, 6) is 0.855. The molecule has 0 heterocycles. The van der Waals surface area contributed by atoms with Gasteiger partial charge in [0, 0.05) is 10.5 Å². The maximum atomic E-state index is 6.23. The number of rotatable bonds is 4. The second-order valence-corrected chi connectivity index (χ2v) is 5.03. The number of methoxy groups -OCH3 is 1. The third kappa shape index (κ3) is 3.12. The standard InChI is InChI=1S/C15H16BrNO/c1-18-13-7-8-14(16)12(9-13)10-15(17)11-5-3-2-4-6-11/h2-9,15H,10,17H2,1H3. The monoisotopic (exact) mass is 305 g/mol. The van der Waals surface area contributed by atoms with E-state index in [0.29, 0.717) is 0 Å². The van der Waals surface area contributed by atoms with Crippen molar-refractivity contribution >= 4 is 15.9 Å². The summed E-state index contributed by atoms with van der Waals surface area (Å²) < 4.78 is 6.30. The van der Waals surface area contributed by atoms with E-state index in [1.807, 2.05) is 36.4 Å². The first kappa shape index (κ1) is 13.1. The molecule has 2 rings (SSSR count). The summed E-state index contributed by atoms with van der Waals surface area (Å²) in [7, 11) is 1.67. The number of hydrogen-bond donors (Lipinski definition) is 1. The molecule has 0 aliphatic heterocycles. The Balaban J connectivity index is 2.18. The molecule has 0 spiro atoms. The van der Waals surface area contributed by atoms with E-state index >= 15 is 0 Å². The molecule has 2 aromatic carbocycles. The number of hydrogen-bond acceptors (Lipinski definition) is 2. The molecule has 1 unspecified atom stereocenters. The quantitative estimate of drug-likeness (QED) is 0.935. The normalized spacial score (nSPS) is 12.2. The van der Waals surface area contributed by atoms with Crippen LogP contribution < -0.4 is 10.5 Å².